The molecule has 0 saturated heterocycles. The SMILES string of the molecule is CCCc1cc(/C(N)=N/O)c(-c2ccccc2C)c(-c2ccc(O)cc2)c1. The molecule has 4 N–H and O–H groups in total. The fourth-order valence-corrected chi connectivity index (χ4v) is 3.40. The molecular formula is C23H24N2O2. The van der Waals surface area contributed by atoms with E-state index in [2.05, 4.69) is 18.1 Å². The predicted molar refractivity (Wildman–Crippen MR) is 110 cm³/mol. The summed E-state index contributed by atoms with van der Waals surface area (Å²) in [5.41, 5.74) is 12.9. The van der Waals surface area contributed by atoms with Crippen LogP contribution in [0.2, 0.25) is 0 Å². The van der Waals surface area contributed by atoms with E-state index in [9.17, 15) is 10.3 Å². The molecular weight excluding hydrogens is 336 g/mol. The number of rotatable bonds is 5. The molecule has 3 aromatic rings. The van der Waals surface area contributed by atoms with Crippen molar-refractivity contribution in [2.45, 2.75) is 26.7 Å². The van der Waals surface area contributed by atoms with Crippen LogP contribution in [0.1, 0.15) is 30.0 Å². The Labute approximate surface area is 159 Å². The number of hydrogen-bond donors (Lipinski definition) is 3. The second-order valence-corrected chi connectivity index (χ2v) is 6.66. The number of aromatic hydroxyl groups is 1. The molecule has 0 amide bonds. The van der Waals surface area contributed by atoms with Crippen molar-refractivity contribution in [1.82, 2.24) is 0 Å². The Hall–Kier alpha value is -3.27. The molecule has 4 nitrogen and oxygen atoms in total. The van der Waals surface area contributed by atoms with Gasteiger partial charge in [-0.25, -0.2) is 0 Å². The fraction of sp³-hybridized carbons (Fsp3) is 0.174. The van der Waals surface area contributed by atoms with E-state index >= 15 is 0 Å². The topological polar surface area (TPSA) is 78.8 Å². The number of hydrogen-bond acceptors (Lipinski definition) is 3. The van der Waals surface area contributed by atoms with Gasteiger partial charge in [-0.3, -0.25) is 0 Å². The van der Waals surface area contributed by atoms with E-state index in [0.717, 1.165) is 46.2 Å². The molecule has 0 fully saturated rings. The first-order valence-corrected chi connectivity index (χ1v) is 9.05. The van der Waals surface area contributed by atoms with E-state index in [1.165, 1.54) is 0 Å². The van der Waals surface area contributed by atoms with Crippen LogP contribution >= 0.6 is 0 Å². The molecule has 0 atom stereocenters. The van der Waals surface area contributed by atoms with Crippen molar-refractivity contribution in [1.29, 1.82) is 0 Å². The third kappa shape index (κ3) is 3.80. The summed E-state index contributed by atoms with van der Waals surface area (Å²) in [6.45, 7) is 4.17. The lowest BCUT2D eigenvalue weighted by atomic mass is 9.86. The van der Waals surface area contributed by atoms with E-state index in [0.29, 0.717) is 5.56 Å². The zero-order valence-corrected chi connectivity index (χ0v) is 15.6. The number of oxime groups is 1. The largest absolute Gasteiger partial charge is 0.508 e. The molecule has 0 aromatic heterocycles. The second-order valence-electron chi connectivity index (χ2n) is 6.66. The van der Waals surface area contributed by atoms with Gasteiger partial charge >= 0.3 is 0 Å². The summed E-state index contributed by atoms with van der Waals surface area (Å²) in [6.07, 6.45) is 1.89. The maximum absolute atomic E-state index is 9.68. The predicted octanol–water partition coefficient (Wildman–Crippen LogP) is 5.08. The summed E-state index contributed by atoms with van der Waals surface area (Å²) in [6, 6.07) is 19.4. The number of nitrogens with two attached hydrogens (primary N) is 1. The molecule has 0 aliphatic heterocycles. The highest BCUT2D eigenvalue weighted by atomic mass is 16.4. The Morgan fingerprint density at radius 3 is 2.33 bits per heavy atom. The first-order valence-electron chi connectivity index (χ1n) is 9.05. The van der Waals surface area contributed by atoms with E-state index in [-0.39, 0.29) is 11.6 Å². The first-order chi connectivity index (χ1) is 13.0. The number of amidine groups is 1. The van der Waals surface area contributed by atoms with E-state index in [1.54, 1.807) is 12.1 Å². The van der Waals surface area contributed by atoms with Crippen LogP contribution in [0.5, 0.6) is 5.75 Å². The molecule has 0 unspecified atom stereocenters. The Morgan fingerprint density at radius 2 is 1.70 bits per heavy atom. The molecule has 0 saturated carbocycles. The molecule has 0 bridgehead atoms. The van der Waals surface area contributed by atoms with Crippen molar-refractivity contribution in [2.24, 2.45) is 10.9 Å². The Morgan fingerprint density at radius 1 is 1.00 bits per heavy atom. The van der Waals surface area contributed by atoms with Crippen molar-refractivity contribution in [3.05, 3.63) is 77.4 Å². The summed E-state index contributed by atoms with van der Waals surface area (Å²) >= 11 is 0. The third-order valence-electron chi connectivity index (χ3n) is 4.71. The third-order valence-corrected chi connectivity index (χ3v) is 4.71. The Balaban J connectivity index is 2.39. The lowest BCUT2D eigenvalue weighted by molar-refractivity contribution is 0.318. The van der Waals surface area contributed by atoms with Gasteiger partial charge in [0, 0.05) is 11.1 Å². The van der Waals surface area contributed by atoms with Crippen molar-refractivity contribution in [2.75, 3.05) is 0 Å². The van der Waals surface area contributed by atoms with Crippen LogP contribution in [0.25, 0.3) is 22.3 Å². The minimum absolute atomic E-state index is 0.0891. The van der Waals surface area contributed by atoms with Gasteiger partial charge in [-0.05, 0) is 59.4 Å². The normalized spacial score (nSPS) is 11.6. The monoisotopic (exact) mass is 360 g/mol. The van der Waals surface area contributed by atoms with Crippen LogP contribution in [-0.2, 0) is 6.42 Å². The molecule has 3 aromatic carbocycles. The van der Waals surface area contributed by atoms with Gasteiger partial charge in [0.1, 0.15) is 5.75 Å². The van der Waals surface area contributed by atoms with Gasteiger partial charge in [-0.1, -0.05) is 61.0 Å². The minimum Gasteiger partial charge on any atom is -0.508 e. The molecule has 27 heavy (non-hydrogen) atoms. The maximum atomic E-state index is 9.68. The average molecular weight is 360 g/mol. The van der Waals surface area contributed by atoms with Crippen LogP contribution in [0.3, 0.4) is 0 Å². The van der Waals surface area contributed by atoms with E-state index < -0.39 is 0 Å². The first kappa shape index (κ1) is 18.5. The van der Waals surface area contributed by atoms with Gasteiger partial charge in [0.05, 0.1) is 0 Å². The summed E-state index contributed by atoms with van der Waals surface area (Å²) in [7, 11) is 0. The molecule has 0 heterocycles. The number of nitrogens with zero attached hydrogens (tertiary/aromatic N) is 1. The van der Waals surface area contributed by atoms with Gasteiger partial charge in [0.2, 0.25) is 0 Å². The fourth-order valence-electron chi connectivity index (χ4n) is 3.40. The number of phenols is 1. The molecule has 0 aliphatic rings. The zero-order chi connectivity index (χ0) is 19.4. The molecule has 138 valence electrons. The second kappa shape index (κ2) is 7.96. The smallest absolute Gasteiger partial charge is 0.170 e. The van der Waals surface area contributed by atoms with Gasteiger partial charge in [-0.15, -0.1) is 0 Å². The zero-order valence-electron chi connectivity index (χ0n) is 15.6. The highest BCUT2D eigenvalue weighted by molar-refractivity contribution is 6.07. The van der Waals surface area contributed by atoms with E-state index in [1.807, 2.05) is 49.4 Å². The quantitative estimate of drug-likeness (QED) is 0.257. The van der Waals surface area contributed by atoms with Gasteiger partial charge < -0.3 is 16.0 Å². The molecule has 3 rings (SSSR count). The molecule has 0 spiro atoms. The molecule has 0 aliphatic carbocycles. The van der Waals surface area contributed by atoms with Gasteiger partial charge in [0.15, 0.2) is 5.84 Å². The van der Waals surface area contributed by atoms with Crippen LogP contribution < -0.4 is 5.73 Å². The van der Waals surface area contributed by atoms with Crippen LogP contribution in [0, 0.1) is 6.92 Å². The number of benzene rings is 3. The van der Waals surface area contributed by atoms with Crippen molar-refractivity contribution in [3.63, 3.8) is 0 Å². The summed E-state index contributed by atoms with van der Waals surface area (Å²) in [5, 5.41) is 22.3. The van der Waals surface area contributed by atoms with Crippen LogP contribution in [0.15, 0.2) is 65.8 Å². The lowest BCUT2D eigenvalue weighted by Gasteiger charge is -2.19. The average Bonchev–Trinajstić information content (AvgIpc) is 2.68. The standard InChI is InChI=1S/C23H24N2O2/c1-3-6-16-13-20(17-9-11-18(26)12-10-17)22(21(14-16)23(24)25-27)19-8-5-4-7-15(19)2/h4-5,7-14,26-27H,3,6H2,1-2H3,(H2,24,25). The number of aryl methyl sites for hydroxylation is 2. The van der Waals surface area contributed by atoms with Crippen LogP contribution in [0.4, 0.5) is 0 Å². The molecule has 0 radical (unpaired) electrons. The van der Waals surface area contributed by atoms with Gasteiger partial charge in [0.25, 0.3) is 0 Å². The highest BCUT2D eigenvalue weighted by Gasteiger charge is 2.18. The van der Waals surface area contributed by atoms with Crippen molar-refractivity contribution in [3.8, 4) is 28.0 Å². The van der Waals surface area contributed by atoms with E-state index in [4.69, 9.17) is 5.73 Å². The highest BCUT2D eigenvalue weighted by Crippen LogP contribution is 2.38. The summed E-state index contributed by atoms with van der Waals surface area (Å²) in [5.74, 6) is 0.309. The number of phenolic OH excluding ortho intramolecular Hbond substituents is 1. The Kier molecular flexibility index (Phi) is 5.46. The molecule has 4 heteroatoms. The maximum Gasteiger partial charge on any atom is 0.170 e. The van der Waals surface area contributed by atoms with Crippen LogP contribution in [-0.4, -0.2) is 16.1 Å². The Bertz CT molecular complexity index is 976. The summed E-state index contributed by atoms with van der Waals surface area (Å²) in [4.78, 5) is 0. The lowest BCUT2D eigenvalue weighted by Crippen LogP contribution is -2.16. The summed E-state index contributed by atoms with van der Waals surface area (Å²) < 4.78 is 0. The van der Waals surface area contributed by atoms with Crippen molar-refractivity contribution < 1.29 is 10.3 Å². The van der Waals surface area contributed by atoms with Crippen molar-refractivity contribution >= 4 is 5.84 Å². The van der Waals surface area contributed by atoms with Gasteiger partial charge in [-0.2, -0.15) is 0 Å². The minimum atomic E-state index is 0.0891.